The topological polar surface area (TPSA) is 79.2 Å². The van der Waals surface area contributed by atoms with Crippen LogP contribution in [0, 0.1) is 16.3 Å². The van der Waals surface area contributed by atoms with Crippen molar-refractivity contribution in [2.45, 2.75) is 26.7 Å². The summed E-state index contributed by atoms with van der Waals surface area (Å²) in [6, 6.07) is 0. The third-order valence-electron chi connectivity index (χ3n) is 3.66. The average molecular weight is 299 g/mol. The highest BCUT2D eigenvalue weighted by molar-refractivity contribution is 7.73. The van der Waals surface area contributed by atoms with Gasteiger partial charge in [0.05, 0.1) is 11.8 Å². The molecule has 0 spiro atoms. The van der Waals surface area contributed by atoms with Gasteiger partial charge < -0.3 is 15.6 Å². The first-order chi connectivity index (χ1) is 8.82. The van der Waals surface area contributed by atoms with E-state index in [1.54, 1.807) is 4.90 Å². The Hall–Kier alpha value is -1.21. The molecule has 2 rings (SSSR count). The predicted molar refractivity (Wildman–Crippen MR) is 76.4 cm³/mol. The number of carbonyl (C=O) groups is 2. The van der Waals surface area contributed by atoms with Crippen LogP contribution in [0.15, 0.2) is 0 Å². The lowest BCUT2D eigenvalue weighted by Crippen LogP contribution is -2.39. The van der Waals surface area contributed by atoms with Crippen molar-refractivity contribution in [2.75, 3.05) is 13.1 Å². The second-order valence-electron chi connectivity index (χ2n) is 5.23. The molecule has 7 heteroatoms. The maximum atomic E-state index is 12.2. The predicted octanol–water partition coefficient (Wildman–Crippen LogP) is 1.38. The maximum absolute atomic E-state index is 12.2. The number of amides is 2. The standard InChI is InChI=1S/C12H17N3O2S2/c1-7-8(19-11(18)14-7)5-9(16)15-4-3-12(2,6-15)10(13)17/h3-6H2,1-2H3,(H2,13,17)(H,14,18). The van der Waals surface area contributed by atoms with Gasteiger partial charge in [-0.1, -0.05) is 0 Å². The first-order valence-electron chi connectivity index (χ1n) is 6.08. The van der Waals surface area contributed by atoms with Gasteiger partial charge in [0.2, 0.25) is 11.8 Å². The Bertz CT molecular complexity index is 578. The molecular weight excluding hydrogens is 282 g/mol. The van der Waals surface area contributed by atoms with Gasteiger partial charge in [-0.2, -0.15) is 0 Å². The molecule has 0 saturated carbocycles. The van der Waals surface area contributed by atoms with Crippen LogP contribution in [-0.2, 0) is 16.0 Å². The van der Waals surface area contributed by atoms with Crippen LogP contribution in [0.2, 0.25) is 0 Å². The van der Waals surface area contributed by atoms with Crippen LogP contribution < -0.4 is 5.73 Å². The summed E-state index contributed by atoms with van der Waals surface area (Å²) < 4.78 is 0.684. The Morgan fingerprint density at radius 3 is 2.74 bits per heavy atom. The Balaban J connectivity index is 2.05. The lowest BCUT2D eigenvalue weighted by atomic mass is 9.89. The van der Waals surface area contributed by atoms with Gasteiger partial charge in [0.15, 0.2) is 3.95 Å². The molecule has 19 heavy (non-hydrogen) atoms. The molecular formula is C12H17N3O2S2. The van der Waals surface area contributed by atoms with E-state index < -0.39 is 5.41 Å². The van der Waals surface area contributed by atoms with Crippen molar-refractivity contribution < 1.29 is 9.59 Å². The van der Waals surface area contributed by atoms with Crippen molar-refractivity contribution in [3.63, 3.8) is 0 Å². The summed E-state index contributed by atoms with van der Waals surface area (Å²) in [5.74, 6) is -0.311. The quantitative estimate of drug-likeness (QED) is 0.828. The van der Waals surface area contributed by atoms with Crippen LogP contribution in [0.1, 0.15) is 23.9 Å². The van der Waals surface area contributed by atoms with Crippen LogP contribution in [-0.4, -0.2) is 34.8 Å². The number of hydrogen-bond donors (Lipinski definition) is 2. The molecule has 0 aliphatic carbocycles. The van der Waals surface area contributed by atoms with Gasteiger partial charge in [-0.3, -0.25) is 9.59 Å². The normalized spacial score (nSPS) is 22.7. The second kappa shape index (κ2) is 5.05. The van der Waals surface area contributed by atoms with E-state index in [0.29, 0.717) is 29.9 Å². The van der Waals surface area contributed by atoms with Crippen LogP contribution in [0.3, 0.4) is 0 Å². The van der Waals surface area contributed by atoms with Gasteiger partial charge in [-0.05, 0) is 32.5 Å². The fourth-order valence-corrected chi connectivity index (χ4v) is 3.51. The zero-order valence-corrected chi connectivity index (χ0v) is 12.6. The Kier molecular flexibility index (Phi) is 3.78. The Morgan fingerprint density at radius 1 is 1.58 bits per heavy atom. The SMILES string of the molecule is Cc1[nH]c(=S)sc1CC(=O)N1CCC(C)(C(N)=O)C1. The van der Waals surface area contributed by atoms with E-state index >= 15 is 0 Å². The summed E-state index contributed by atoms with van der Waals surface area (Å²) in [6.07, 6.45) is 0.967. The molecule has 1 aliphatic rings. The molecule has 1 unspecified atom stereocenters. The zero-order valence-electron chi connectivity index (χ0n) is 11.0. The van der Waals surface area contributed by atoms with Gasteiger partial charge in [-0.15, -0.1) is 11.3 Å². The number of aryl methyl sites for hydroxylation is 1. The lowest BCUT2D eigenvalue weighted by Gasteiger charge is -2.21. The van der Waals surface area contributed by atoms with Crippen LogP contribution in [0.25, 0.3) is 0 Å². The Labute approximate surface area is 120 Å². The van der Waals surface area contributed by atoms with Crippen LogP contribution in [0.4, 0.5) is 0 Å². The van der Waals surface area contributed by atoms with Crippen molar-refractivity contribution >= 4 is 35.4 Å². The zero-order chi connectivity index (χ0) is 14.2. The molecule has 0 aromatic carbocycles. The van der Waals surface area contributed by atoms with Crippen molar-refractivity contribution in [1.82, 2.24) is 9.88 Å². The number of nitrogens with two attached hydrogens (primary N) is 1. The number of likely N-dealkylation sites (tertiary alicyclic amines) is 1. The highest BCUT2D eigenvalue weighted by Crippen LogP contribution is 2.30. The minimum Gasteiger partial charge on any atom is -0.369 e. The average Bonchev–Trinajstić information content (AvgIpc) is 2.84. The highest BCUT2D eigenvalue weighted by atomic mass is 32.1. The molecule has 1 saturated heterocycles. The number of aromatic amines is 1. The van der Waals surface area contributed by atoms with Gasteiger partial charge in [0.25, 0.3) is 0 Å². The van der Waals surface area contributed by atoms with E-state index in [2.05, 4.69) is 4.98 Å². The smallest absolute Gasteiger partial charge is 0.227 e. The number of nitrogens with zero attached hydrogens (tertiary/aromatic N) is 1. The number of primary amides is 1. The van der Waals surface area contributed by atoms with Crippen molar-refractivity contribution in [2.24, 2.45) is 11.1 Å². The molecule has 104 valence electrons. The first kappa shape index (κ1) is 14.2. The van der Waals surface area contributed by atoms with Crippen molar-refractivity contribution in [3.8, 4) is 0 Å². The van der Waals surface area contributed by atoms with E-state index in [1.165, 1.54) is 11.3 Å². The van der Waals surface area contributed by atoms with E-state index in [9.17, 15) is 9.59 Å². The van der Waals surface area contributed by atoms with Crippen LogP contribution in [0.5, 0.6) is 0 Å². The molecule has 1 atom stereocenters. The molecule has 0 radical (unpaired) electrons. The molecule has 1 aromatic heterocycles. The van der Waals surface area contributed by atoms with Gasteiger partial charge in [-0.25, -0.2) is 0 Å². The number of hydrogen-bond acceptors (Lipinski definition) is 4. The fourth-order valence-electron chi connectivity index (χ4n) is 2.23. The summed E-state index contributed by atoms with van der Waals surface area (Å²) in [5, 5.41) is 0. The van der Waals surface area contributed by atoms with Crippen LogP contribution >= 0.6 is 23.6 Å². The lowest BCUT2D eigenvalue weighted by molar-refractivity contribution is -0.131. The maximum Gasteiger partial charge on any atom is 0.227 e. The summed E-state index contributed by atoms with van der Waals surface area (Å²) in [5.41, 5.74) is 5.74. The van der Waals surface area contributed by atoms with Gasteiger partial charge in [0.1, 0.15) is 0 Å². The second-order valence-corrected chi connectivity index (χ2v) is 7.00. The summed E-state index contributed by atoms with van der Waals surface area (Å²) >= 11 is 6.48. The van der Waals surface area contributed by atoms with E-state index in [1.807, 2.05) is 13.8 Å². The van der Waals surface area contributed by atoms with Crippen molar-refractivity contribution in [1.29, 1.82) is 0 Å². The summed E-state index contributed by atoms with van der Waals surface area (Å²) in [4.78, 5) is 29.3. The monoisotopic (exact) mass is 299 g/mol. The molecule has 3 N–H and O–H groups in total. The summed E-state index contributed by atoms with van der Waals surface area (Å²) in [7, 11) is 0. The van der Waals surface area contributed by atoms with Gasteiger partial charge in [0, 0.05) is 23.7 Å². The molecule has 1 aliphatic heterocycles. The molecule has 5 nitrogen and oxygen atoms in total. The third-order valence-corrected chi connectivity index (χ3v) is 4.99. The molecule has 0 bridgehead atoms. The van der Waals surface area contributed by atoms with Gasteiger partial charge >= 0.3 is 0 Å². The molecule has 1 aromatic rings. The van der Waals surface area contributed by atoms with E-state index in [-0.39, 0.29) is 11.8 Å². The van der Waals surface area contributed by atoms with Crippen molar-refractivity contribution in [3.05, 3.63) is 14.5 Å². The first-order valence-corrected chi connectivity index (χ1v) is 7.30. The van der Waals surface area contributed by atoms with E-state index in [0.717, 1.165) is 10.6 Å². The highest BCUT2D eigenvalue weighted by Gasteiger charge is 2.40. The summed E-state index contributed by atoms with van der Waals surface area (Å²) in [6.45, 7) is 4.73. The minimum absolute atomic E-state index is 0.0262. The number of carbonyl (C=O) groups excluding carboxylic acids is 2. The number of H-pyrrole nitrogens is 1. The van der Waals surface area contributed by atoms with E-state index in [4.69, 9.17) is 18.0 Å². The Morgan fingerprint density at radius 2 is 2.26 bits per heavy atom. The molecule has 2 amide bonds. The molecule has 1 fully saturated rings. The largest absolute Gasteiger partial charge is 0.369 e. The number of aromatic nitrogens is 1. The number of rotatable bonds is 3. The fraction of sp³-hybridized carbons (Fsp3) is 0.583. The number of thiazole rings is 1. The molecule has 2 heterocycles. The number of nitrogens with one attached hydrogen (secondary N) is 1. The third kappa shape index (κ3) is 2.87. The minimum atomic E-state index is -0.588.